The molecule has 14 heavy (non-hydrogen) atoms. The first-order valence-electron chi connectivity index (χ1n) is 4.49. The zero-order valence-electron chi connectivity index (χ0n) is 8.03. The SMILES string of the molecule is N=COCN[C@@H](CCCCN)C(=O)O. The molecule has 0 unspecified atom stereocenters. The maximum atomic E-state index is 10.7. The Morgan fingerprint density at radius 3 is 2.86 bits per heavy atom. The van der Waals surface area contributed by atoms with Crippen molar-refractivity contribution in [2.45, 2.75) is 25.3 Å². The van der Waals surface area contributed by atoms with Gasteiger partial charge in [-0.2, -0.15) is 0 Å². The van der Waals surface area contributed by atoms with Gasteiger partial charge in [0.05, 0.1) is 0 Å². The van der Waals surface area contributed by atoms with Crippen LogP contribution in [0.15, 0.2) is 0 Å². The summed E-state index contributed by atoms with van der Waals surface area (Å²) >= 11 is 0. The fourth-order valence-electron chi connectivity index (χ4n) is 0.996. The number of nitrogens with one attached hydrogen (secondary N) is 2. The van der Waals surface area contributed by atoms with E-state index in [1.807, 2.05) is 0 Å². The van der Waals surface area contributed by atoms with E-state index < -0.39 is 12.0 Å². The third kappa shape index (κ3) is 6.38. The molecule has 6 nitrogen and oxygen atoms in total. The van der Waals surface area contributed by atoms with E-state index >= 15 is 0 Å². The molecule has 0 saturated carbocycles. The molecular weight excluding hydrogens is 186 g/mol. The topological polar surface area (TPSA) is 108 Å². The molecule has 0 saturated heterocycles. The molecule has 0 rings (SSSR count). The van der Waals surface area contributed by atoms with Gasteiger partial charge in [0.25, 0.3) is 0 Å². The quantitative estimate of drug-likeness (QED) is 0.179. The number of carboxylic acids is 1. The van der Waals surface area contributed by atoms with Crippen LogP contribution in [-0.2, 0) is 9.53 Å². The summed E-state index contributed by atoms with van der Waals surface area (Å²) in [5.74, 6) is -0.907. The van der Waals surface area contributed by atoms with Gasteiger partial charge < -0.3 is 15.6 Å². The summed E-state index contributed by atoms with van der Waals surface area (Å²) in [7, 11) is 0. The lowest BCUT2D eigenvalue weighted by molar-refractivity contribution is -0.140. The van der Waals surface area contributed by atoms with Gasteiger partial charge in [0.2, 0.25) is 0 Å². The molecule has 0 aliphatic rings. The highest BCUT2D eigenvalue weighted by atomic mass is 16.5. The number of rotatable bonds is 9. The lowest BCUT2D eigenvalue weighted by atomic mass is 10.1. The number of aliphatic carboxylic acids is 1. The highest BCUT2D eigenvalue weighted by Gasteiger charge is 2.15. The minimum Gasteiger partial charge on any atom is -0.480 e. The maximum absolute atomic E-state index is 10.7. The average Bonchev–Trinajstić information content (AvgIpc) is 2.15. The molecule has 0 aliphatic carbocycles. The Bertz CT molecular complexity index is 175. The summed E-state index contributed by atoms with van der Waals surface area (Å²) in [6, 6.07) is -0.624. The molecule has 0 fully saturated rings. The van der Waals surface area contributed by atoms with Gasteiger partial charge in [0, 0.05) is 0 Å². The van der Waals surface area contributed by atoms with Gasteiger partial charge in [0.1, 0.15) is 12.8 Å². The number of unbranched alkanes of at least 4 members (excludes halogenated alkanes) is 1. The van der Waals surface area contributed by atoms with Gasteiger partial charge in [-0.3, -0.25) is 15.5 Å². The van der Waals surface area contributed by atoms with E-state index in [9.17, 15) is 4.79 Å². The summed E-state index contributed by atoms with van der Waals surface area (Å²) < 4.78 is 4.56. The Hall–Kier alpha value is -1.14. The molecule has 0 aromatic rings. The zero-order chi connectivity index (χ0) is 10.8. The van der Waals surface area contributed by atoms with Crippen LogP contribution in [0.1, 0.15) is 19.3 Å². The molecule has 0 bridgehead atoms. The molecule has 82 valence electrons. The Morgan fingerprint density at radius 1 is 1.64 bits per heavy atom. The number of ether oxygens (including phenoxy) is 1. The van der Waals surface area contributed by atoms with Crippen LogP contribution >= 0.6 is 0 Å². The third-order valence-electron chi connectivity index (χ3n) is 1.74. The normalized spacial score (nSPS) is 12.1. The Morgan fingerprint density at radius 2 is 2.36 bits per heavy atom. The molecular formula is C8H17N3O3. The number of hydrogen-bond acceptors (Lipinski definition) is 5. The highest BCUT2D eigenvalue weighted by molar-refractivity contribution is 5.73. The lowest BCUT2D eigenvalue weighted by Crippen LogP contribution is -2.37. The van der Waals surface area contributed by atoms with Crippen molar-refractivity contribution >= 4 is 12.4 Å². The smallest absolute Gasteiger partial charge is 0.320 e. The molecule has 0 heterocycles. The van der Waals surface area contributed by atoms with E-state index in [-0.39, 0.29) is 6.73 Å². The van der Waals surface area contributed by atoms with Crippen LogP contribution in [0.2, 0.25) is 0 Å². The van der Waals surface area contributed by atoms with Crippen molar-refractivity contribution < 1.29 is 14.6 Å². The van der Waals surface area contributed by atoms with Crippen molar-refractivity contribution in [3.63, 3.8) is 0 Å². The monoisotopic (exact) mass is 203 g/mol. The maximum Gasteiger partial charge on any atom is 0.320 e. The standard InChI is InChI=1S/C8H17N3O3/c9-4-2-1-3-7(8(12)13)11-6-14-5-10/h5,7,10-11H,1-4,6,9H2,(H,12,13)/t7-/m0/s1. The Balaban J connectivity index is 3.66. The predicted octanol–water partition coefficient (Wildman–Crippen LogP) is -0.261. The summed E-state index contributed by atoms with van der Waals surface area (Å²) in [5, 5.41) is 18.0. The third-order valence-corrected chi connectivity index (χ3v) is 1.74. The lowest BCUT2D eigenvalue weighted by Gasteiger charge is -2.13. The summed E-state index contributed by atoms with van der Waals surface area (Å²) in [4.78, 5) is 10.7. The molecule has 0 radical (unpaired) electrons. The molecule has 0 amide bonds. The van der Waals surface area contributed by atoms with Crippen LogP contribution < -0.4 is 11.1 Å². The van der Waals surface area contributed by atoms with E-state index in [0.717, 1.165) is 19.2 Å². The molecule has 1 atom stereocenters. The summed E-state index contributed by atoms with van der Waals surface area (Å²) in [6.07, 6.45) is 2.88. The fourth-order valence-corrected chi connectivity index (χ4v) is 0.996. The summed E-state index contributed by atoms with van der Waals surface area (Å²) in [5.41, 5.74) is 5.29. The number of hydrogen-bond donors (Lipinski definition) is 4. The van der Waals surface area contributed by atoms with Crippen LogP contribution in [0.5, 0.6) is 0 Å². The van der Waals surface area contributed by atoms with Crippen LogP contribution in [0, 0.1) is 5.41 Å². The number of carboxylic acid groups (broad SMARTS) is 1. The van der Waals surface area contributed by atoms with Crippen molar-refractivity contribution in [2.24, 2.45) is 5.73 Å². The second kappa shape index (κ2) is 8.46. The van der Waals surface area contributed by atoms with Crippen LogP contribution in [-0.4, -0.2) is 36.8 Å². The number of nitrogens with two attached hydrogens (primary N) is 1. The van der Waals surface area contributed by atoms with Crippen LogP contribution in [0.3, 0.4) is 0 Å². The summed E-state index contributed by atoms with van der Waals surface area (Å²) in [6.45, 7) is 0.617. The molecule has 5 N–H and O–H groups in total. The van der Waals surface area contributed by atoms with Crippen molar-refractivity contribution in [3.8, 4) is 0 Å². The fraction of sp³-hybridized carbons (Fsp3) is 0.750. The molecule has 0 spiro atoms. The minimum absolute atomic E-state index is 0.0447. The van der Waals surface area contributed by atoms with E-state index in [2.05, 4.69) is 10.1 Å². The van der Waals surface area contributed by atoms with E-state index in [1.165, 1.54) is 0 Å². The van der Waals surface area contributed by atoms with Gasteiger partial charge in [-0.05, 0) is 19.4 Å². The van der Waals surface area contributed by atoms with Crippen LogP contribution in [0.4, 0.5) is 0 Å². The van der Waals surface area contributed by atoms with Gasteiger partial charge in [-0.25, -0.2) is 0 Å². The largest absolute Gasteiger partial charge is 0.480 e. The Kier molecular flexibility index (Phi) is 7.77. The highest BCUT2D eigenvalue weighted by Crippen LogP contribution is 2.00. The van der Waals surface area contributed by atoms with Crippen molar-refractivity contribution in [3.05, 3.63) is 0 Å². The van der Waals surface area contributed by atoms with E-state index in [0.29, 0.717) is 13.0 Å². The van der Waals surface area contributed by atoms with E-state index in [1.54, 1.807) is 0 Å². The van der Waals surface area contributed by atoms with Crippen LogP contribution in [0.25, 0.3) is 0 Å². The zero-order valence-corrected chi connectivity index (χ0v) is 8.03. The van der Waals surface area contributed by atoms with Crippen molar-refractivity contribution in [1.29, 1.82) is 5.41 Å². The second-order valence-electron chi connectivity index (χ2n) is 2.81. The van der Waals surface area contributed by atoms with Gasteiger partial charge in [-0.1, -0.05) is 6.42 Å². The van der Waals surface area contributed by atoms with Crippen molar-refractivity contribution in [1.82, 2.24) is 5.32 Å². The van der Waals surface area contributed by atoms with Crippen molar-refractivity contribution in [2.75, 3.05) is 13.3 Å². The molecule has 0 aliphatic heterocycles. The first-order valence-corrected chi connectivity index (χ1v) is 4.49. The predicted molar refractivity (Wildman–Crippen MR) is 52.2 cm³/mol. The Labute approximate surface area is 82.9 Å². The van der Waals surface area contributed by atoms with Gasteiger partial charge >= 0.3 is 5.97 Å². The first-order chi connectivity index (χ1) is 6.72. The van der Waals surface area contributed by atoms with Gasteiger partial charge in [0.15, 0.2) is 6.40 Å². The minimum atomic E-state index is -0.907. The second-order valence-corrected chi connectivity index (χ2v) is 2.81. The average molecular weight is 203 g/mol. The van der Waals surface area contributed by atoms with Gasteiger partial charge in [-0.15, -0.1) is 0 Å². The number of carbonyl (C=O) groups is 1. The molecule has 0 aromatic carbocycles. The first kappa shape index (κ1) is 12.9. The molecule has 0 aromatic heterocycles. The molecule has 6 heteroatoms. The van der Waals surface area contributed by atoms with E-state index in [4.69, 9.17) is 16.2 Å².